The van der Waals surface area contributed by atoms with Gasteiger partial charge in [0.15, 0.2) is 0 Å². The van der Waals surface area contributed by atoms with Crippen molar-refractivity contribution in [3.63, 3.8) is 0 Å². The van der Waals surface area contributed by atoms with Crippen molar-refractivity contribution >= 4 is 11.6 Å². The summed E-state index contributed by atoms with van der Waals surface area (Å²) in [4.78, 5) is 13.6. The van der Waals surface area contributed by atoms with Crippen molar-refractivity contribution < 1.29 is 19.0 Å². The minimum Gasteiger partial charge on any atom is -0.497 e. The van der Waals surface area contributed by atoms with Gasteiger partial charge in [-0.05, 0) is 73.2 Å². The number of nitrogens with one attached hydrogen (secondary N) is 1. The summed E-state index contributed by atoms with van der Waals surface area (Å²) < 4.78 is 17.0. The Morgan fingerprint density at radius 3 is 2.21 bits per heavy atom. The van der Waals surface area contributed by atoms with Crippen molar-refractivity contribution in [2.24, 2.45) is 0 Å². The predicted octanol–water partition coefficient (Wildman–Crippen LogP) is 5.58. The van der Waals surface area contributed by atoms with E-state index in [2.05, 4.69) is 5.32 Å². The number of hydrogen-bond acceptors (Lipinski definition) is 4. The first kappa shape index (κ1) is 22.9. The summed E-state index contributed by atoms with van der Waals surface area (Å²) in [6.45, 7) is 5.65. The number of ether oxygens (including phenoxy) is 3. The maximum Gasteiger partial charge on any atom is 0.235 e. The fraction of sp³-hybridized carbons (Fsp3) is 0.321. The maximum absolute atomic E-state index is 13.6. The van der Waals surface area contributed by atoms with E-state index in [1.54, 1.807) is 7.11 Å². The van der Waals surface area contributed by atoms with Crippen LogP contribution in [0.4, 0.5) is 5.69 Å². The van der Waals surface area contributed by atoms with E-state index >= 15 is 0 Å². The molecule has 0 aromatic heterocycles. The summed E-state index contributed by atoms with van der Waals surface area (Å²) in [6, 6.07) is 21.9. The van der Waals surface area contributed by atoms with Crippen LogP contribution in [-0.4, -0.2) is 26.2 Å². The summed E-state index contributed by atoms with van der Waals surface area (Å²) in [7, 11) is 1.64. The molecule has 0 spiro atoms. The topological polar surface area (TPSA) is 56.8 Å². The molecular weight excluding hydrogens is 414 g/mol. The molecule has 0 aliphatic carbocycles. The van der Waals surface area contributed by atoms with Crippen LogP contribution in [0.25, 0.3) is 0 Å². The van der Waals surface area contributed by atoms with Crippen molar-refractivity contribution in [3.05, 3.63) is 89.0 Å². The second kappa shape index (κ2) is 10.1. The molecule has 0 atom stereocenters. The van der Waals surface area contributed by atoms with Crippen LogP contribution in [0.2, 0.25) is 0 Å². The summed E-state index contributed by atoms with van der Waals surface area (Å²) in [5.74, 6) is 1.62. The molecule has 5 heteroatoms. The van der Waals surface area contributed by atoms with Gasteiger partial charge < -0.3 is 19.5 Å². The van der Waals surface area contributed by atoms with Crippen LogP contribution in [0.3, 0.4) is 0 Å². The molecule has 0 bridgehead atoms. The van der Waals surface area contributed by atoms with Gasteiger partial charge in [-0.2, -0.15) is 0 Å². The number of benzene rings is 3. The number of aryl methyl sites for hydroxylation is 2. The fourth-order valence-corrected chi connectivity index (χ4v) is 4.51. The number of carbonyl (C=O) groups excluding carboxylic acids is 1. The number of hydrogen-bond donors (Lipinski definition) is 1. The van der Waals surface area contributed by atoms with E-state index in [1.807, 2.05) is 80.6 Å². The predicted molar refractivity (Wildman–Crippen MR) is 130 cm³/mol. The first-order valence-corrected chi connectivity index (χ1v) is 11.3. The minimum absolute atomic E-state index is 0.00674. The Morgan fingerprint density at radius 1 is 0.970 bits per heavy atom. The van der Waals surface area contributed by atoms with Crippen molar-refractivity contribution in [1.29, 1.82) is 0 Å². The number of rotatable bonds is 7. The van der Waals surface area contributed by atoms with Crippen molar-refractivity contribution in [1.82, 2.24) is 0 Å². The molecule has 1 aliphatic rings. The fourth-order valence-electron chi connectivity index (χ4n) is 4.51. The van der Waals surface area contributed by atoms with Crippen LogP contribution in [0.1, 0.15) is 35.1 Å². The van der Waals surface area contributed by atoms with Gasteiger partial charge >= 0.3 is 0 Å². The van der Waals surface area contributed by atoms with Gasteiger partial charge in [-0.1, -0.05) is 42.5 Å². The molecule has 0 radical (unpaired) electrons. The van der Waals surface area contributed by atoms with Gasteiger partial charge in [0.1, 0.15) is 18.1 Å². The van der Waals surface area contributed by atoms with E-state index in [0.29, 0.717) is 32.7 Å². The average molecular weight is 446 g/mol. The summed E-state index contributed by atoms with van der Waals surface area (Å²) in [5.41, 5.74) is 4.24. The van der Waals surface area contributed by atoms with Gasteiger partial charge in [-0.3, -0.25) is 4.79 Å². The van der Waals surface area contributed by atoms with E-state index in [4.69, 9.17) is 14.2 Å². The lowest BCUT2D eigenvalue weighted by Crippen LogP contribution is -2.44. The van der Waals surface area contributed by atoms with E-state index in [-0.39, 0.29) is 5.91 Å². The zero-order valence-corrected chi connectivity index (χ0v) is 19.5. The SMILES string of the molecule is COc1ccc(C2(C(=O)Nc3cc(C)c(OCc4ccccc4)c(C)c3)CCOCC2)cc1. The van der Waals surface area contributed by atoms with Crippen LogP contribution in [-0.2, 0) is 21.6 Å². The number of carbonyl (C=O) groups is 1. The van der Waals surface area contributed by atoms with Gasteiger partial charge in [0, 0.05) is 18.9 Å². The standard InChI is InChI=1S/C28H31NO4/c1-20-17-24(18-21(2)26(20)33-19-22-7-5-4-6-8-22)29-27(30)28(13-15-32-16-14-28)23-9-11-25(31-3)12-10-23/h4-12,17-18H,13-16,19H2,1-3H3,(H,29,30). The zero-order chi connectivity index (χ0) is 23.3. The molecule has 1 N–H and O–H groups in total. The monoisotopic (exact) mass is 445 g/mol. The van der Waals surface area contributed by atoms with Crippen LogP contribution in [0.15, 0.2) is 66.7 Å². The molecule has 5 nitrogen and oxygen atoms in total. The smallest absolute Gasteiger partial charge is 0.235 e. The molecule has 1 amide bonds. The highest BCUT2D eigenvalue weighted by Crippen LogP contribution is 2.37. The second-order valence-electron chi connectivity index (χ2n) is 8.59. The zero-order valence-electron chi connectivity index (χ0n) is 19.5. The maximum atomic E-state index is 13.6. The lowest BCUT2D eigenvalue weighted by atomic mass is 9.73. The Bertz CT molecular complexity index is 1060. The summed E-state index contributed by atoms with van der Waals surface area (Å²) in [6.07, 6.45) is 1.28. The number of amides is 1. The van der Waals surface area contributed by atoms with Crippen LogP contribution < -0.4 is 14.8 Å². The van der Waals surface area contributed by atoms with Gasteiger partial charge in [0.05, 0.1) is 12.5 Å². The molecule has 3 aromatic carbocycles. The average Bonchev–Trinajstić information content (AvgIpc) is 2.84. The van der Waals surface area contributed by atoms with Gasteiger partial charge in [-0.15, -0.1) is 0 Å². The Hall–Kier alpha value is -3.31. The third-order valence-corrected chi connectivity index (χ3v) is 6.37. The quantitative estimate of drug-likeness (QED) is 0.516. The molecule has 33 heavy (non-hydrogen) atoms. The molecular formula is C28H31NO4. The molecule has 1 saturated heterocycles. The molecule has 172 valence electrons. The first-order valence-electron chi connectivity index (χ1n) is 11.3. The Kier molecular flexibility index (Phi) is 6.99. The Balaban J connectivity index is 1.54. The highest BCUT2D eigenvalue weighted by molar-refractivity contribution is 5.99. The Labute approximate surface area is 195 Å². The summed E-state index contributed by atoms with van der Waals surface area (Å²) >= 11 is 0. The van der Waals surface area contributed by atoms with E-state index < -0.39 is 5.41 Å². The molecule has 1 heterocycles. The van der Waals surface area contributed by atoms with Crippen LogP contribution in [0.5, 0.6) is 11.5 Å². The van der Waals surface area contributed by atoms with Crippen LogP contribution >= 0.6 is 0 Å². The van der Waals surface area contributed by atoms with Gasteiger partial charge in [-0.25, -0.2) is 0 Å². The number of anilines is 1. The van der Waals surface area contributed by atoms with Crippen LogP contribution in [0, 0.1) is 13.8 Å². The minimum atomic E-state index is -0.630. The number of methoxy groups -OCH3 is 1. The van der Waals surface area contributed by atoms with Gasteiger partial charge in [0.2, 0.25) is 5.91 Å². The first-order chi connectivity index (χ1) is 16.0. The van der Waals surface area contributed by atoms with Crippen molar-refractivity contribution in [2.45, 2.75) is 38.7 Å². The lowest BCUT2D eigenvalue weighted by molar-refractivity contribution is -0.125. The third kappa shape index (κ3) is 5.04. The van der Waals surface area contributed by atoms with E-state index in [0.717, 1.165) is 39.4 Å². The molecule has 0 unspecified atom stereocenters. The normalized spacial score (nSPS) is 15.0. The molecule has 4 rings (SSSR count). The largest absolute Gasteiger partial charge is 0.497 e. The summed E-state index contributed by atoms with van der Waals surface area (Å²) in [5, 5.41) is 3.18. The second-order valence-corrected chi connectivity index (χ2v) is 8.59. The third-order valence-electron chi connectivity index (χ3n) is 6.37. The Morgan fingerprint density at radius 2 is 1.61 bits per heavy atom. The van der Waals surface area contributed by atoms with E-state index in [1.165, 1.54) is 0 Å². The molecule has 1 fully saturated rings. The highest BCUT2D eigenvalue weighted by Gasteiger charge is 2.41. The van der Waals surface area contributed by atoms with Crippen molar-refractivity contribution in [2.75, 3.05) is 25.6 Å². The highest BCUT2D eigenvalue weighted by atomic mass is 16.5. The van der Waals surface area contributed by atoms with Crippen molar-refractivity contribution in [3.8, 4) is 11.5 Å². The molecule has 0 saturated carbocycles. The lowest BCUT2D eigenvalue weighted by Gasteiger charge is -2.36. The molecule has 3 aromatic rings. The van der Waals surface area contributed by atoms with E-state index in [9.17, 15) is 4.79 Å². The molecule has 1 aliphatic heterocycles. The van der Waals surface area contributed by atoms with Gasteiger partial charge in [0.25, 0.3) is 0 Å².